The average Bonchev–Trinajstić information content (AvgIpc) is 2.77. The van der Waals surface area contributed by atoms with Gasteiger partial charge in [0.05, 0.1) is 0 Å². The van der Waals surface area contributed by atoms with E-state index in [4.69, 9.17) is 0 Å². The Kier molecular flexibility index (Phi) is 21.6. The lowest BCUT2D eigenvalue weighted by atomic mass is 9.95. The summed E-state index contributed by atoms with van der Waals surface area (Å²) >= 11 is 0. The van der Waals surface area contributed by atoms with Gasteiger partial charge < -0.3 is 0 Å². The van der Waals surface area contributed by atoms with E-state index in [1.165, 1.54) is 21.9 Å². The molecule has 0 saturated heterocycles. The minimum atomic E-state index is 1.07. The van der Waals surface area contributed by atoms with Gasteiger partial charge in [-0.2, -0.15) is 0 Å². The fourth-order valence-electron chi connectivity index (χ4n) is 2.45. The molecule has 0 unspecified atom stereocenters. The van der Waals surface area contributed by atoms with Crippen LogP contribution in [0, 0.1) is 6.92 Å². The van der Waals surface area contributed by atoms with E-state index in [2.05, 4.69) is 63.6 Å². The summed E-state index contributed by atoms with van der Waals surface area (Å²) in [6.45, 7) is 33.1. The first kappa shape index (κ1) is 31.1. The second-order valence-electron chi connectivity index (χ2n) is 5.59. The van der Waals surface area contributed by atoms with Crippen LogP contribution in [-0.4, -0.2) is 0 Å². The van der Waals surface area contributed by atoms with E-state index in [9.17, 15) is 0 Å². The molecule has 0 N–H and O–H groups in total. The van der Waals surface area contributed by atoms with Gasteiger partial charge in [-0.05, 0) is 48.2 Å². The molecule has 0 amide bonds. The van der Waals surface area contributed by atoms with Crippen molar-refractivity contribution in [2.75, 3.05) is 0 Å². The van der Waals surface area contributed by atoms with Crippen molar-refractivity contribution < 1.29 is 0 Å². The van der Waals surface area contributed by atoms with Crippen molar-refractivity contribution in [3.05, 3.63) is 96.6 Å². The van der Waals surface area contributed by atoms with Crippen molar-refractivity contribution in [3.8, 4) is 0 Å². The highest BCUT2D eigenvalue weighted by Crippen LogP contribution is 2.27. The van der Waals surface area contributed by atoms with Crippen molar-refractivity contribution >= 4 is 22.9 Å². The Bertz CT molecular complexity index is 770. The molecular formula is C29H44. The smallest absolute Gasteiger partial charge is 0.0103 e. The largest absolute Gasteiger partial charge is 0.0988 e. The summed E-state index contributed by atoms with van der Waals surface area (Å²) in [7, 11) is 0. The summed E-state index contributed by atoms with van der Waals surface area (Å²) in [5.74, 6) is 0. The van der Waals surface area contributed by atoms with Crippen LogP contribution in [0.3, 0.4) is 0 Å². The predicted octanol–water partition coefficient (Wildman–Crippen LogP) is 10.2. The third-order valence-corrected chi connectivity index (χ3v) is 3.55. The molecular weight excluding hydrogens is 348 g/mol. The fraction of sp³-hybridized carbons (Fsp3) is 0.310. The first-order valence-electron chi connectivity index (χ1n) is 10.7. The number of benzene rings is 2. The van der Waals surface area contributed by atoms with Crippen molar-refractivity contribution in [3.63, 3.8) is 0 Å². The number of hydrogen-bond donors (Lipinski definition) is 0. The van der Waals surface area contributed by atoms with E-state index in [-0.39, 0.29) is 0 Å². The van der Waals surface area contributed by atoms with Crippen molar-refractivity contribution in [1.29, 1.82) is 0 Å². The summed E-state index contributed by atoms with van der Waals surface area (Å²) in [6, 6.07) is 10.6. The van der Waals surface area contributed by atoms with Gasteiger partial charge in [0.25, 0.3) is 0 Å². The minimum absolute atomic E-state index is 1.07. The van der Waals surface area contributed by atoms with Crippen LogP contribution in [0.25, 0.3) is 22.9 Å². The Labute approximate surface area is 182 Å². The van der Waals surface area contributed by atoms with Gasteiger partial charge in [-0.25, -0.2) is 0 Å². The first-order chi connectivity index (χ1) is 13.9. The maximum atomic E-state index is 3.87. The maximum Gasteiger partial charge on any atom is -0.0103 e. The molecule has 0 aliphatic heterocycles. The number of fused-ring (bicyclic) bond motifs is 1. The second-order valence-corrected chi connectivity index (χ2v) is 5.59. The highest BCUT2D eigenvalue weighted by atomic mass is 14.1. The summed E-state index contributed by atoms with van der Waals surface area (Å²) in [6.07, 6.45) is 7.59. The fourth-order valence-corrected chi connectivity index (χ4v) is 2.45. The van der Waals surface area contributed by atoms with E-state index >= 15 is 0 Å². The molecule has 0 radical (unpaired) electrons. The zero-order chi connectivity index (χ0) is 23.4. The molecule has 2 rings (SSSR count). The van der Waals surface area contributed by atoms with Crippen molar-refractivity contribution in [1.82, 2.24) is 0 Å². The van der Waals surface area contributed by atoms with Crippen LogP contribution >= 0.6 is 0 Å². The number of hydrogen-bond acceptors (Lipinski definition) is 0. The van der Waals surface area contributed by atoms with Gasteiger partial charge in [-0.3, -0.25) is 0 Å². The van der Waals surface area contributed by atoms with Crippen LogP contribution in [0.1, 0.15) is 72.1 Å². The minimum Gasteiger partial charge on any atom is -0.0988 e. The van der Waals surface area contributed by atoms with Gasteiger partial charge in [0.2, 0.25) is 0 Å². The summed E-state index contributed by atoms with van der Waals surface area (Å²) < 4.78 is 0. The van der Waals surface area contributed by atoms with Gasteiger partial charge in [0.1, 0.15) is 0 Å². The van der Waals surface area contributed by atoms with E-state index in [1.54, 1.807) is 0 Å². The topological polar surface area (TPSA) is 0 Å². The van der Waals surface area contributed by atoms with Gasteiger partial charge in [0.15, 0.2) is 0 Å². The summed E-state index contributed by atoms with van der Waals surface area (Å²) in [4.78, 5) is 0. The van der Waals surface area contributed by atoms with E-state index in [0.29, 0.717) is 0 Å². The van der Waals surface area contributed by atoms with Crippen LogP contribution in [0.2, 0.25) is 0 Å². The van der Waals surface area contributed by atoms with Gasteiger partial charge in [0, 0.05) is 0 Å². The monoisotopic (exact) mass is 392 g/mol. The zero-order valence-electron chi connectivity index (χ0n) is 20.5. The molecule has 2 aromatic carbocycles. The quantitative estimate of drug-likeness (QED) is 0.454. The zero-order valence-corrected chi connectivity index (χ0v) is 20.5. The molecule has 0 spiro atoms. The molecule has 0 aromatic heterocycles. The summed E-state index contributed by atoms with van der Waals surface area (Å²) in [5, 5.41) is 2.54. The van der Waals surface area contributed by atoms with Crippen molar-refractivity contribution in [2.45, 2.75) is 62.3 Å². The van der Waals surface area contributed by atoms with Gasteiger partial charge in [-0.1, -0.05) is 134 Å². The third-order valence-electron chi connectivity index (χ3n) is 3.55. The maximum absolute atomic E-state index is 3.87. The Morgan fingerprint density at radius 3 is 1.62 bits per heavy atom. The van der Waals surface area contributed by atoms with Crippen LogP contribution < -0.4 is 0 Å². The molecule has 0 saturated carbocycles. The van der Waals surface area contributed by atoms with Crippen LogP contribution in [0.5, 0.6) is 0 Å². The lowest BCUT2D eigenvalue weighted by Gasteiger charge is -2.09. The first-order valence-corrected chi connectivity index (χ1v) is 10.7. The lowest BCUT2D eigenvalue weighted by Crippen LogP contribution is -1.87. The van der Waals surface area contributed by atoms with Crippen molar-refractivity contribution in [2.24, 2.45) is 0 Å². The van der Waals surface area contributed by atoms with E-state index in [1.807, 2.05) is 79.7 Å². The molecule has 0 bridgehead atoms. The van der Waals surface area contributed by atoms with Crippen LogP contribution in [0.4, 0.5) is 0 Å². The highest BCUT2D eigenvalue weighted by molar-refractivity contribution is 5.95. The molecule has 0 nitrogen and oxygen atoms in total. The van der Waals surface area contributed by atoms with Crippen LogP contribution in [-0.2, 0) is 0 Å². The Morgan fingerprint density at radius 1 is 0.793 bits per heavy atom. The Morgan fingerprint density at radius 2 is 1.28 bits per heavy atom. The second kappa shape index (κ2) is 20.1. The lowest BCUT2D eigenvalue weighted by molar-refractivity contribution is 1.46. The Balaban J connectivity index is -0.000000413. The standard InChI is InChI=1S/C15H14.C8H12.3C2H6/c1-4-12-10-11(3)14-8-6-7-9-15(14)13(12)5-2;1-5-8(4)6-7(2)3;3*1-2/h4-10H,1-2H2,3H3;5-6H,1-2H2,3-4H3;3*1-2H3/b;8-6+;;;. The SMILES string of the molecule is C=C/C(C)=C/C(=C)C.C=Cc1cc(C)c2ccccc2c1C=C.CC.CC.CC. The molecule has 29 heavy (non-hydrogen) atoms. The van der Waals surface area contributed by atoms with E-state index in [0.717, 1.165) is 16.7 Å². The molecule has 160 valence electrons. The predicted molar refractivity (Wildman–Crippen MR) is 142 cm³/mol. The van der Waals surface area contributed by atoms with E-state index < -0.39 is 0 Å². The molecule has 0 fully saturated rings. The number of allylic oxidation sites excluding steroid dienone is 4. The molecule has 0 atom stereocenters. The van der Waals surface area contributed by atoms with Crippen LogP contribution in [0.15, 0.2) is 79.9 Å². The van der Waals surface area contributed by atoms with Gasteiger partial charge >= 0.3 is 0 Å². The average molecular weight is 393 g/mol. The highest BCUT2D eigenvalue weighted by Gasteiger charge is 2.04. The molecule has 0 heteroatoms. The molecule has 2 aromatic rings. The molecule has 0 aliphatic rings. The normalized spacial score (nSPS) is 8.93. The third kappa shape index (κ3) is 11.8. The number of rotatable bonds is 4. The number of aryl methyl sites for hydroxylation is 1. The van der Waals surface area contributed by atoms with Gasteiger partial charge in [-0.15, -0.1) is 0 Å². The molecule has 0 aliphatic carbocycles. The molecule has 0 heterocycles. The Hall–Kier alpha value is -2.60. The summed E-state index contributed by atoms with van der Waals surface area (Å²) in [5.41, 5.74) is 5.85.